The third-order valence-electron chi connectivity index (χ3n) is 3.59. The largest absolute Gasteiger partial charge is 0.369 e. The molecule has 5 heteroatoms. The molecular weight excluding hydrogens is 276 g/mol. The second-order valence-electron chi connectivity index (χ2n) is 5.55. The van der Waals surface area contributed by atoms with Crippen LogP contribution in [-0.4, -0.2) is 28.5 Å². The predicted molar refractivity (Wildman–Crippen MR) is 85.8 cm³/mol. The number of benzene rings is 1. The van der Waals surface area contributed by atoms with Gasteiger partial charge < -0.3 is 10.6 Å². The predicted octanol–water partition coefficient (Wildman–Crippen LogP) is 2.41. The smallest absolute Gasteiger partial charge is 0.271 e. The van der Waals surface area contributed by atoms with Gasteiger partial charge in [-0.3, -0.25) is 4.79 Å². The lowest BCUT2D eigenvalue weighted by Gasteiger charge is -2.06. The van der Waals surface area contributed by atoms with E-state index in [0.717, 1.165) is 32.2 Å². The highest BCUT2D eigenvalue weighted by atomic mass is 16.2. The van der Waals surface area contributed by atoms with Crippen LogP contribution in [-0.2, 0) is 6.42 Å². The first kappa shape index (κ1) is 14.5. The molecule has 1 saturated carbocycles. The second kappa shape index (κ2) is 7.02. The van der Waals surface area contributed by atoms with E-state index in [1.54, 1.807) is 6.20 Å². The van der Waals surface area contributed by atoms with Crippen LogP contribution in [0.25, 0.3) is 0 Å². The van der Waals surface area contributed by atoms with Crippen molar-refractivity contribution in [3.8, 4) is 0 Å². The lowest BCUT2D eigenvalue weighted by molar-refractivity contribution is 0.0945. The summed E-state index contributed by atoms with van der Waals surface area (Å²) in [6.45, 7) is 0.831. The summed E-state index contributed by atoms with van der Waals surface area (Å²) in [7, 11) is 0. The number of rotatable bonds is 7. The molecule has 0 radical (unpaired) electrons. The highest BCUT2D eigenvalue weighted by molar-refractivity contribution is 5.92. The average molecular weight is 296 g/mol. The first-order chi connectivity index (χ1) is 10.8. The van der Waals surface area contributed by atoms with Gasteiger partial charge in [-0.25, -0.2) is 9.97 Å². The maximum atomic E-state index is 11.8. The van der Waals surface area contributed by atoms with Crippen LogP contribution >= 0.6 is 0 Å². The highest BCUT2D eigenvalue weighted by Crippen LogP contribution is 2.19. The first-order valence-electron chi connectivity index (χ1n) is 7.72. The molecule has 1 fully saturated rings. The molecule has 2 N–H and O–H groups in total. The van der Waals surface area contributed by atoms with Crippen LogP contribution in [0.1, 0.15) is 35.3 Å². The summed E-state index contributed by atoms with van der Waals surface area (Å²) in [6.07, 6.45) is 7.33. The molecule has 1 amide bonds. The topological polar surface area (TPSA) is 66.9 Å². The fraction of sp³-hybridized carbons (Fsp3) is 0.353. The van der Waals surface area contributed by atoms with Gasteiger partial charge in [-0.2, -0.15) is 0 Å². The lowest BCUT2D eigenvalue weighted by Crippen LogP contribution is -2.26. The van der Waals surface area contributed by atoms with Crippen molar-refractivity contribution in [3.63, 3.8) is 0 Å². The standard InChI is InChI=1S/C17H20N4O/c22-17(21-14-8-9-14)15-11-20-16(12-19-15)18-10-4-7-13-5-2-1-3-6-13/h1-3,5-6,11-12,14H,4,7-10H2,(H,18,20)(H,21,22). The molecule has 0 bridgehead atoms. The molecule has 5 nitrogen and oxygen atoms in total. The van der Waals surface area contributed by atoms with Gasteiger partial charge in [0.15, 0.2) is 0 Å². The van der Waals surface area contributed by atoms with Crippen molar-refractivity contribution in [1.82, 2.24) is 15.3 Å². The van der Waals surface area contributed by atoms with Crippen LogP contribution in [0.2, 0.25) is 0 Å². The van der Waals surface area contributed by atoms with E-state index in [1.165, 1.54) is 11.8 Å². The van der Waals surface area contributed by atoms with E-state index in [-0.39, 0.29) is 5.91 Å². The summed E-state index contributed by atoms with van der Waals surface area (Å²) in [5.74, 6) is 0.571. The zero-order valence-electron chi connectivity index (χ0n) is 12.5. The van der Waals surface area contributed by atoms with Crippen LogP contribution in [0.3, 0.4) is 0 Å². The number of carbonyl (C=O) groups is 1. The third kappa shape index (κ3) is 4.28. The van der Waals surface area contributed by atoms with Crippen molar-refractivity contribution in [2.75, 3.05) is 11.9 Å². The normalized spacial score (nSPS) is 13.6. The van der Waals surface area contributed by atoms with E-state index in [1.807, 2.05) is 6.07 Å². The van der Waals surface area contributed by atoms with Gasteiger partial charge in [0.1, 0.15) is 11.5 Å². The molecule has 1 aliphatic rings. The molecule has 114 valence electrons. The number of aryl methyl sites for hydroxylation is 1. The van der Waals surface area contributed by atoms with Crippen molar-refractivity contribution in [1.29, 1.82) is 0 Å². The molecule has 0 unspecified atom stereocenters. The fourth-order valence-corrected chi connectivity index (χ4v) is 2.18. The Hall–Kier alpha value is -2.43. The second-order valence-corrected chi connectivity index (χ2v) is 5.55. The Kier molecular flexibility index (Phi) is 4.63. The zero-order chi connectivity index (χ0) is 15.2. The molecule has 3 rings (SSSR count). The highest BCUT2D eigenvalue weighted by Gasteiger charge is 2.24. The van der Waals surface area contributed by atoms with Crippen LogP contribution in [0.15, 0.2) is 42.7 Å². The number of amides is 1. The number of aromatic nitrogens is 2. The SMILES string of the molecule is O=C(NC1CC1)c1cnc(NCCCc2ccccc2)cn1. The fourth-order valence-electron chi connectivity index (χ4n) is 2.18. The average Bonchev–Trinajstić information content (AvgIpc) is 3.37. The van der Waals surface area contributed by atoms with Crippen molar-refractivity contribution in [3.05, 3.63) is 54.0 Å². The van der Waals surface area contributed by atoms with Crippen LogP contribution < -0.4 is 10.6 Å². The van der Waals surface area contributed by atoms with Crippen molar-refractivity contribution in [2.24, 2.45) is 0 Å². The Bertz CT molecular complexity index is 608. The minimum atomic E-state index is -0.134. The van der Waals surface area contributed by atoms with Gasteiger partial charge in [0.25, 0.3) is 5.91 Å². The van der Waals surface area contributed by atoms with E-state index < -0.39 is 0 Å². The molecular formula is C17H20N4O. The lowest BCUT2D eigenvalue weighted by atomic mass is 10.1. The Morgan fingerprint density at radius 2 is 1.95 bits per heavy atom. The molecule has 0 atom stereocenters. The van der Waals surface area contributed by atoms with Crippen LogP contribution in [0.4, 0.5) is 5.82 Å². The van der Waals surface area contributed by atoms with Crippen molar-refractivity contribution < 1.29 is 4.79 Å². The molecule has 22 heavy (non-hydrogen) atoms. The van der Waals surface area contributed by atoms with Crippen molar-refractivity contribution in [2.45, 2.75) is 31.7 Å². The number of hydrogen-bond donors (Lipinski definition) is 2. The van der Waals surface area contributed by atoms with E-state index >= 15 is 0 Å². The van der Waals surface area contributed by atoms with E-state index in [2.05, 4.69) is 44.9 Å². The van der Waals surface area contributed by atoms with Gasteiger partial charge in [0, 0.05) is 12.6 Å². The summed E-state index contributed by atoms with van der Waals surface area (Å²) in [4.78, 5) is 20.2. The molecule has 1 heterocycles. The maximum Gasteiger partial charge on any atom is 0.271 e. The molecule has 1 aliphatic carbocycles. The van der Waals surface area contributed by atoms with Gasteiger partial charge in [0.05, 0.1) is 12.4 Å². The summed E-state index contributed by atoms with van der Waals surface area (Å²) in [5.41, 5.74) is 1.71. The number of nitrogens with zero attached hydrogens (tertiary/aromatic N) is 2. The van der Waals surface area contributed by atoms with Crippen LogP contribution in [0, 0.1) is 0 Å². The summed E-state index contributed by atoms with van der Waals surface area (Å²) < 4.78 is 0. The summed E-state index contributed by atoms with van der Waals surface area (Å²) >= 11 is 0. The zero-order valence-corrected chi connectivity index (χ0v) is 12.5. The Morgan fingerprint density at radius 1 is 1.14 bits per heavy atom. The maximum absolute atomic E-state index is 11.8. The van der Waals surface area contributed by atoms with Gasteiger partial charge >= 0.3 is 0 Å². The van der Waals surface area contributed by atoms with Gasteiger partial charge in [-0.05, 0) is 31.2 Å². The number of anilines is 1. The molecule has 1 aromatic heterocycles. The molecule has 1 aromatic carbocycles. The minimum Gasteiger partial charge on any atom is -0.369 e. The Balaban J connectivity index is 1.41. The number of nitrogens with one attached hydrogen (secondary N) is 2. The van der Waals surface area contributed by atoms with E-state index in [9.17, 15) is 4.79 Å². The third-order valence-corrected chi connectivity index (χ3v) is 3.59. The van der Waals surface area contributed by atoms with Gasteiger partial charge in [0.2, 0.25) is 0 Å². The summed E-state index contributed by atoms with van der Waals surface area (Å²) in [6, 6.07) is 10.7. The van der Waals surface area contributed by atoms with Gasteiger partial charge in [-0.15, -0.1) is 0 Å². The van der Waals surface area contributed by atoms with E-state index in [0.29, 0.717) is 17.6 Å². The Labute approximate surface area is 130 Å². The van der Waals surface area contributed by atoms with Gasteiger partial charge in [-0.1, -0.05) is 30.3 Å². The quantitative estimate of drug-likeness (QED) is 0.770. The van der Waals surface area contributed by atoms with E-state index in [4.69, 9.17) is 0 Å². The van der Waals surface area contributed by atoms with Crippen molar-refractivity contribution >= 4 is 11.7 Å². The minimum absolute atomic E-state index is 0.134. The molecule has 0 saturated heterocycles. The Morgan fingerprint density at radius 3 is 2.64 bits per heavy atom. The molecule has 0 aliphatic heterocycles. The first-order valence-corrected chi connectivity index (χ1v) is 7.72. The monoisotopic (exact) mass is 296 g/mol. The molecule has 0 spiro atoms. The van der Waals surface area contributed by atoms with Crippen LogP contribution in [0.5, 0.6) is 0 Å². The summed E-state index contributed by atoms with van der Waals surface area (Å²) in [5, 5.41) is 6.13. The number of hydrogen-bond acceptors (Lipinski definition) is 4. The number of carbonyl (C=O) groups excluding carboxylic acids is 1. The molecule has 2 aromatic rings.